The summed E-state index contributed by atoms with van der Waals surface area (Å²) in [6.07, 6.45) is 0. The van der Waals surface area contributed by atoms with Crippen LogP contribution in [0, 0.1) is 5.41 Å². The Morgan fingerprint density at radius 3 is 2.00 bits per heavy atom. The molecule has 0 aliphatic rings. The van der Waals surface area contributed by atoms with Crippen molar-refractivity contribution in [2.24, 2.45) is 22.0 Å². The molecule has 0 amide bonds. The number of amidine groups is 1. The van der Waals surface area contributed by atoms with Gasteiger partial charge in [-0.05, 0) is 5.41 Å². The van der Waals surface area contributed by atoms with E-state index < -0.39 is 6.04 Å². The zero-order valence-corrected chi connectivity index (χ0v) is 6.63. The van der Waals surface area contributed by atoms with Crippen molar-refractivity contribution in [1.29, 1.82) is 0 Å². The lowest BCUT2D eigenvalue weighted by Gasteiger charge is -2.25. The van der Waals surface area contributed by atoms with Crippen LogP contribution in [-0.4, -0.2) is 17.1 Å². The van der Waals surface area contributed by atoms with E-state index in [0.29, 0.717) is 0 Å². The second kappa shape index (κ2) is 2.88. The first-order valence-corrected chi connectivity index (χ1v) is 3.12. The normalized spacial score (nSPS) is 17.0. The highest BCUT2D eigenvalue weighted by atomic mass is 16.4. The first-order chi connectivity index (χ1) is 4.39. The molecule has 0 saturated carbocycles. The molecule has 0 aromatic rings. The molecule has 0 fully saturated rings. The fourth-order valence-electron chi connectivity index (χ4n) is 0.506. The van der Waals surface area contributed by atoms with Crippen LogP contribution in [0.1, 0.15) is 20.8 Å². The molecule has 0 heterocycles. The SMILES string of the molecule is CC(C)(C)C(N)/C(N)=N/O. The van der Waals surface area contributed by atoms with Gasteiger partial charge in [0.1, 0.15) is 0 Å². The standard InChI is InChI=1S/C6H15N3O/c1-6(2,3)4(7)5(8)9-10/h4,10H,7H2,1-3H3,(H2,8,9). The number of rotatable bonds is 1. The van der Waals surface area contributed by atoms with Crippen molar-refractivity contribution in [1.82, 2.24) is 0 Å². The lowest BCUT2D eigenvalue weighted by molar-refractivity contribution is 0.305. The van der Waals surface area contributed by atoms with Crippen LogP contribution in [-0.2, 0) is 0 Å². The van der Waals surface area contributed by atoms with Crippen LogP contribution >= 0.6 is 0 Å². The lowest BCUT2D eigenvalue weighted by atomic mass is 9.87. The quantitative estimate of drug-likeness (QED) is 0.212. The summed E-state index contributed by atoms with van der Waals surface area (Å²) < 4.78 is 0. The first-order valence-electron chi connectivity index (χ1n) is 3.12. The minimum absolute atomic E-state index is 0.0764. The maximum absolute atomic E-state index is 8.25. The van der Waals surface area contributed by atoms with Gasteiger partial charge >= 0.3 is 0 Å². The Morgan fingerprint density at radius 1 is 1.50 bits per heavy atom. The van der Waals surface area contributed by atoms with Gasteiger partial charge in [-0.2, -0.15) is 0 Å². The Labute approximate surface area is 60.9 Å². The fourth-order valence-corrected chi connectivity index (χ4v) is 0.506. The van der Waals surface area contributed by atoms with E-state index in [1.165, 1.54) is 0 Å². The molecule has 0 aliphatic carbocycles. The van der Waals surface area contributed by atoms with E-state index in [4.69, 9.17) is 16.7 Å². The Bertz CT molecular complexity index is 136. The number of nitrogens with zero attached hydrogens (tertiary/aromatic N) is 1. The molecule has 0 radical (unpaired) electrons. The summed E-state index contributed by atoms with van der Waals surface area (Å²) in [4.78, 5) is 0. The zero-order chi connectivity index (χ0) is 8.36. The van der Waals surface area contributed by atoms with Crippen LogP contribution in [0.25, 0.3) is 0 Å². The predicted octanol–water partition coefficient (Wildman–Crippen LogP) is 0.106. The molecule has 0 aliphatic heterocycles. The van der Waals surface area contributed by atoms with E-state index in [2.05, 4.69) is 5.16 Å². The van der Waals surface area contributed by atoms with Gasteiger partial charge in [0.15, 0.2) is 5.84 Å². The Balaban J connectivity index is 4.23. The van der Waals surface area contributed by atoms with Crippen LogP contribution in [0.4, 0.5) is 0 Å². The molecule has 0 rings (SSSR count). The third-order valence-corrected chi connectivity index (χ3v) is 1.37. The van der Waals surface area contributed by atoms with E-state index in [1.54, 1.807) is 0 Å². The zero-order valence-electron chi connectivity index (χ0n) is 6.63. The summed E-state index contributed by atoms with van der Waals surface area (Å²) >= 11 is 0. The molecule has 5 N–H and O–H groups in total. The molecule has 4 nitrogen and oxygen atoms in total. The molecule has 0 spiro atoms. The van der Waals surface area contributed by atoms with E-state index in [9.17, 15) is 0 Å². The van der Waals surface area contributed by atoms with Gasteiger partial charge in [0.05, 0.1) is 6.04 Å². The molecular formula is C6H15N3O. The highest BCUT2D eigenvalue weighted by Crippen LogP contribution is 2.16. The summed E-state index contributed by atoms with van der Waals surface area (Å²) in [6.45, 7) is 5.78. The van der Waals surface area contributed by atoms with Gasteiger partial charge in [-0.3, -0.25) is 0 Å². The average molecular weight is 145 g/mol. The third kappa shape index (κ3) is 2.23. The molecule has 60 valence electrons. The van der Waals surface area contributed by atoms with Crippen LogP contribution in [0.15, 0.2) is 5.16 Å². The minimum Gasteiger partial charge on any atom is -0.409 e. The summed E-state index contributed by atoms with van der Waals surface area (Å²) in [5.41, 5.74) is 10.7. The monoisotopic (exact) mass is 145 g/mol. The number of hydrogen-bond acceptors (Lipinski definition) is 3. The van der Waals surface area contributed by atoms with Gasteiger partial charge < -0.3 is 16.7 Å². The number of oxime groups is 1. The van der Waals surface area contributed by atoms with Gasteiger partial charge in [-0.25, -0.2) is 0 Å². The maximum Gasteiger partial charge on any atom is 0.156 e. The Morgan fingerprint density at radius 2 is 1.90 bits per heavy atom. The molecule has 1 atom stereocenters. The van der Waals surface area contributed by atoms with Crippen LogP contribution in [0.3, 0.4) is 0 Å². The molecule has 0 saturated heterocycles. The predicted molar refractivity (Wildman–Crippen MR) is 40.8 cm³/mol. The summed E-state index contributed by atoms with van der Waals surface area (Å²) in [5.74, 6) is 0.0764. The largest absolute Gasteiger partial charge is 0.409 e. The molecule has 0 aromatic carbocycles. The number of hydrogen-bond donors (Lipinski definition) is 3. The van der Waals surface area contributed by atoms with Crippen LogP contribution < -0.4 is 11.5 Å². The van der Waals surface area contributed by atoms with Gasteiger partial charge in [0.25, 0.3) is 0 Å². The van der Waals surface area contributed by atoms with Crippen LogP contribution in [0.5, 0.6) is 0 Å². The smallest absolute Gasteiger partial charge is 0.156 e. The molecule has 0 bridgehead atoms. The van der Waals surface area contributed by atoms with Crippen molar-refractivity contribution in [2.75, 3.05) is 0 Å². The van der Waals surface area contributed by atoms with E-state index in [1.807, 2.05) is 20.8 Å². The van der Waals surface area contributed by atoms with Gasteiger partial charge in [0.2, 0.25) is 0 Å². The van der Waals surface area contributed by atoms with Gasteiger partial charge in [0, 0.05) is 0 Å². The van der Waals surface area contributed by atoms with E-state index in [0.717, 1.165) is 0 Å². The Hall–Kier alpha value is -0.770. The highest BCUT2D eigenvalue weighted by Gasteiger charge is 2.23. The first kappa shape index (κ1) is 9.23. The Kier molecular flexibility index (Phi) is 2.65. The fraction of sp³-hybridized carbons (Fsp3) is 0.833. The van der Waals surface area contributed by atoms with E-state index >= 15 is 0 Å². The van der Waals surface area contributed by atoms with Crippen molar-refractivity contribution >= 4 is 5.84 Å². The topological polar surface area (TPSA) is 84.6 Å². The molecular weight excluding hydrogens is 130 g/mol. The van der Waals surface area contributed by atoms with Gasteiger partial charge in [-0.15, -0.1) is 0 Å². The molecule has 0 aromatic heterocycles. The maximum atomic E-state index is 8.25. The molecule has 10 heavy (non-hydrogen) atoms. The third-order valence-electron chi connectivity index (χ3n) is 1.37. The highest BCUT2D eigenvalue weighted by molar-refractivity contribution is 5.85. The molecule has 4 heteroatoms. The van der Waals surface area contributed by atoms with Crippen LogP contribution in [0.2, 0.25) is 0 Å². The van der Waals surface area contributed by atoms with Gasteiger partial charge in [-0.1, -0.05) is 25.9 Å². The average Bonchev–Trinajstić information content (AvgIpc) is 1.83. The lowest BCUT2D eigenvalue weighted by Crippen LogP contribution is -2.46. The number of nitrogens with two attached hydrogens (primary N) is 2. The summed E-state index contributed by atoms with van der Waals surface area (Å²) in [6, 6.07) is -0.391. The van der Waals surface area contributed by atoms with Crippen molar-refractivity contribution in [2.45, 2.75) is 26.8 Å². The van der Waals surface area contributed by atoms with E-state index in [-0.39, 0.29) is 11.3 Å². The minimum atomic E-state index is -0.391. The van der Waals surface area contributed by atoms with Crippen molar-refractivity contribution < 1.29 is 5.21 Å². The molecule has 1 unspecified atom stereocenters. The summed E-state index contributed by atoms with van der Waals surface area (Å²) in [5, 5.41) is 11.1. The second-order valence-electron chi connectivity index (χ2n) is 3.37. The summed E-state index contributed by atoms with van der Waals surface area (Å²) in [7, 11) is 0. The van der Waals surface area contributed by atoms with Crippen molar-refractivity contribution in [3.05, 3.63) is 0 Å². The second-order valence-corrected chi connectivity index (χ2v) is 3.37. The van der Waals surface area contributed by atoms with Crippen molar-refractivity contribution in [3.63, 3.8) is 0 Å². The van der Waals surface area contributed by atoms with Crippen molar-refractivity contribution in [3.8, 4) is 0 Å².